The van der Waals surface area contributed by atoms with Gasteiger partial charge < -0.3 is 19.9 Å². The Kier molecular flexibility index (Phi) is 4.59. The number of para-hydroxylation sites is 1. The van der Waals surface area contributed by atoms with Crippen LogP contribution in [0.1, 0.15) is 36.4 Å². The molecule has 1 spiro atoms. The standard InChI is InChI=1S/C20H22ClNO3/c21-19-14(4-3-6-17(19)23)13-22-16-12-20(8-10-24-11-9-20)25-18-7-2-1-5-15(16)18/h1-7,16,22-23H,8-13H2. The van der Waals surface area contributed by atoms with E-state index in [1.54, 1.807) is 6.07 Å². The van der Waals surface area contributed by atoms with Crippen LogP contribution in [-0.2, 0) is 11.3 Å². The fraction of sp³-hybridized carbons (Fsp3) is 0.400. The topological polar surface area (TPSA) is 50.7 Å². The lowest BCUT2D eigenvalue weighted by atomic mass is 9.82. The van der Waals surface area contributed by atoms with Crippen LogP contribution in [0.4, 0.5) is 0 Å². The fourth-order valence-corrected chi connectivity index (χ4v) is 3.98. The molecule has 2 N–H and O–H groups in total. The van der Waals surface area contributed by atoms with E-state index < -0.39 is 0 Å². The highest BCUT2D eigenvalue weighted by Gasteiger charge is 2.42. The van der Waals surface area contributed by atoms with Crippen LogP contribution in [-0.4, -0.2) is 23.9 Å². The second kappa shape index (κ2) is 6.87. The summed E-state index contributed by atoms with van der Waals surface area (Å²) in [6.45, 7) is 2.08. The molecule has 0 amide bonds. The molecule has 0 aromatic heterocycles. The van der Waals surface area contributed by atoms with E-state index in [4.69, 9.17) is 21.1 Å². The Hall–Kier alpha value is -1.75. The maximum Gasteiger partial charge on any atom is 0.134 e. The summed E-state index contributed by atoms with van der Waals surface area (Å²) >= 11 is 6.22. The van der Waals surface area contributed by atoms with E-state index >= 15 is 0 Å². The van der Waals surface area contributed by atoms with Crippen LogP contribution in [0.15, 0.2) is 42.5 Å². The third-order valence-electron chi connectivity index (χ3n) is 5.20. The Morgan fingerprint density at radius 2 is 1.92 bits per heavy atom. The first-order valence-electron chi connectivity index (χ1n) is 8.72. The molecule has 2 aliphatic heterocycles. The normalized spacial score (nSPS) is 21.6. The first kappa shape index (κ1) is 16.7. The predicted octanol–water partition coefficient (Wildman–Crippen LogP) is 4.21. The van der Waals surface area contributed by atoms with Crippen LogP contribution in [0.2, 0.25) is 5.02 Å². The van der Waals surface area contributed by atoms with Crippen molar-refractivity contribution >= 4 is 11.6 Å². The summed E-state index contributed by atoms with van der Waals surface area (Å²) in [5.41, 5.74) is 1.91. The highest BCUT2D eigenvalue weighted by molar-refractivity contribution is 6.32. The molecule has 1 fully saturated rings. The summed E-state index contributed by atoms with van der Waals surface area (Å²) in [7, 11) is 0. The molecule has 132 valence electrons. The first-order valence-corrected chi connectivity index (χ1v) is 9.10. The minimum atomic E-state index is -0.160. The number of hydrogen-bond donors (Lipinski definition) is 2. The number of rotatable bonds is 3. The lowest BCUT2D eigenvalue weighted by molar-refractivity contribution is -0.0647. The van der Waals surface area contributed by atoms with Crippen LogP contribution < -0.4 is 10.1 Å². The van der Waals surface area contributed by atoms with Crippen molar-refractivity contribution in [3.8, 4) is 11.5 Å². The number of nitrogens with one attached hydrogen (secondary N) is 1. The molecule has 2 aromatic rings. The number of phenolic OH excluding ortho intramolecular Hbond substituents is 1. The van der Waals surface area contributed by atoms with E-state index in [1.807, 2.05) is 30.3 Å². The van der Waals surface area contributed by atoms with E-state index in [0.717, 1.165) is 43.8 Å². The van der Waals surface area contributed by atoms with Crippen molar-refractivity contribution in [2.75, 3.05) is 13.2 Å². The van der Waals surface area contributed by atoms with Crippen molar-refractivity contribution in [3.05, 3.63) is 58.6 Å². The largest absolute Gasteiger partial charge is 0.506 e. The smallest absolute Gasteiger partial charge is 0.134 e. The van der Waals surface area contributed by atoms with Crippen LogP contribution in [0, 0.1) is 0 Å². The summed E-state index contributed by atoms with van der Waals surface area (Å²) in [5.74, 6) is 1.07. The van der Waals surface area contributed by atoms with Crippen molar-refractivity contribution < 1.29 is 14.6 Å². The first-order chi connectivity index (χ1) is 12.2. The predicted molar refractivity (Wildman–Crippen MR) is 97.2 cm³/mol. The van der Waals surface area contributed by atoms with Gasteiger partial charge in [-0.25, -0.2) is 0 Å². The van der Waals surface area contributed by atoms with Gasteiger partial charge in [-0.15, -0.1) is 0 Å². The Labute approximate surface area is 152 Å². The lowest BCUT2D eigenvalue weighted by Gasteiger charge is -2.44. The molecule has 0 bridgehead atoms. The summed E-state index contributed by atoms with van der Waals surface area (Å²) < 4.78 is 11.9. The molecule has 1 saturated heterocycles. The maximum absolute atomic E-state index is 9.80. The van der Waals surface area contributed by atoms with Gasteiger partial charge in [0.05, 0.1) is 18.2 Å². The van der Waals surface area contributed by atoms with Gasteiger partial charge in [0.1, 0.15) is 17.1 Å². The number of ether oxygens (including phenoxy) is 2. The molecule has 0 aliphatic carbocycles. The van der Waals surface area contributed by atoms with Gasteiger partial charge in [-0.05, 0) is 17.7 Å². The van der Waals surface area contributed by atoms with Crippen LogP contribution >= 0.6 is 11.6 Å². The van der Waals surface area contributed by atoms with E-state index in [9.17, 15) is 5.11 Å². The molecular formula is C20H22ClNO3. The number of phenols is 1. The van der Waals surface area contributed by atoms with E-state index in [0.29, 0.717) is 11.6 Å². The minimum Gasteiger partial charge on any atom is -0.506 e. The highest BCUT2D eigenvalue weighted by atomic mass is 35.5. The van der Waals surface area contributed by atoms with Crippen molar-refractivity contribution in [2.45, 2.75) is 37.5 Å². The van der Waals surface area contributed by atoms with Crippen molar-refractivity contribution in [2.24, 2.45) is 0 Å². The molecule has 2 aromatic carbocycles. The molecule has 5 heteroatoms. The van der Waals surface area contributed by atoms with E-state index in [-0.39, 0.29) is 17.4 Å². The average molecular weight is 360 g/mol. The molecule has 2 aliphatic rings. The van der Waals surface area contributed by atoms with Gasteiger partial charge in [-0.3, -0.25) is 0 Å². The fourth-order valence-electron chi connectivity index (χ4n) is 3.79. The molecule has 4 rings (SSSR count). The quantitative estimate of drug-likeness (QED) is 0.862. The molecule has 0 radical (unpaired) electrons. The molecule has 4 nitrogen and oxygen atoms in total. The Morgan fingerprint density at radius 1 is 1.12 bits per heavy atom. The summed E-state index contributed by atoms with van der Waals surface area (Å²) in [5, 5.41) is 13.8. The summed E-state index contributed by atoms with van der Waals surface area (Å²) in [6.07, 6.45) is 2.72. The van der Waals surface area contributed by atoms with Gasteiger partial charge in [0.15, 0.2) is 0 Å². The number of hydrogen-bond acceptors (Lipinski definition) is 4. The van der Waals surface area contributed by atoms with Crippen molar-refractivity contribution in [1.82, 2.24) is 5.32 Å². The Balaban J connectivity index is 1.58. The Morgan fingerprint density at radius 3 is 2.76 bits per heavy atom. The monoisotopic (exact) mass is 359 g/mol. The molecule has 2 heterocycles. The van der Waals surface area contributed by atoms with Crippen LogP contribution in [0.3, 0.4) is 0 Å². The zero-order chi connectivity index (χ0) is 17.3. The van der Waals surface area contributed by atoms with Gasteiger partial charge in [0.2, 0.25) is 0 Å². The lowest BCUT2D eigenvalue weighted by Crippen LogP contribution is -2.47. The third kappa shape index (κ3) is 3.34. The SMILES string of the molecule is Oc1cccc(CNC2CC3(CCOCC3)Oc3ccccc32)c1Cl. The second-order valence-corrected chi connectivity index (χ2v) is 7.20. The van der Waals surface area contributed by atoms with Crippen molar-refractivity contribution in [1.29, 1.82) is 0 Å². The van der Waals surface area contributed by atoms with Gasteiger partial charge in [0, 0.05) is 37.4 Å². The number of benzene rings is 2. The third-order valence-corrected chi connectivity index (χ3v) is 5.63. The number of halogens is 1. The second-order valence-electron chi connectivity index (χ2n) is 6.82. The minimum absolute atomic E-state index is 0.120. The highest BCUT2D eigenvalue weighted by Crippen LogP contribution is 2.44. The summed E-state index contributed by atoms with van der Waals surface area (Å²) in [4.78, 5) is 0. The molecule has 1 atom stereocenters. The van der Waals surface area contributed by atoms with Crippen molar-refractivity contribution in [3.63, 3.8) is 0 Å². The number of aromatic hydroxyl groups is 1. The number of fused-ring (bicyclic) bond motifs is 1. The molecule has 25 heavy (non-hydrogen) atoms. The summed E-state index contributed by atoms with van der Waals surface area (Å²) in [6, 6.07) is 13.8. The average Bonchev–Trinajstić information content (AvgIpc) is 2.63. The van der Waals surface area contributed by atoms with Gasteiger partial charge in [0.25, 0.3) is 0 Å². The molecular weight excluding hydrogens is 338 g/mol. The van der Waals surface area contributed by atoms with Gasteiger partial charge in [-0.2, -0.15) is 0 Å². The van der Waals surface area contributed by atoms with Gasteiger partial charge >= 0.3 is 0 Å². The van der Waals surface area contributed by atoms with E-state index in [2.05, 4.69) is 11.4 Å². The zero-order valence-corrected chi connectivity index (χ0v) is 14.8. The molecule has 1 unspecified atom stereocenters. The van der Waals surface area contributed by atoms with E-state index in [1.165, 1.54) is 5.56 Å². The maximum atomic E-state index is 9.80. The van der Waals surface area contributed by atoms with Gasteiger partial charge in [-0.1, -0.05) is 41.9 Å². The van der Waals surface area contributed by atoms with Crippen LogP contribution in [0.25, 0.3) is 0 Å². The molecule has 0 saturated carbocycles. The van der Waals surface area contributed by atoms with Crippen LogP contribution in [0.5, 0.6) is 11.5 Å². The Bertz CT molecular complexity index is 758. The zero-order valence-electron chi connectivity index (χ0n) is 14.0.